The largest absolute Gasteiger partial charge is 0.339 e. The van der Waals surface area contributed by atoms with Gasteiger partial charge >= 0.3 is 0 Å². The van der Waals surface area contributed by atoms with Crippen molar-refractivity contribution in [1.29, 1.82) is 0 Å². The molecule has 1 aromatic carbocycles. The predicted molar refractivity (Wildman–Crippen MR) is 83.9 cm³/mol. The zero-order valence-corrected chi connectivity index (χ0v) is 13.5. The molecule has 1 fully saturated rings. The van der Waals surface area contributed by atoms with Crippen LogP contribution in [0.1, 0.15) is 50.4 Å². The fourth-order valence-electron chi connectivity index (χ4n) is 2.62. The fourth-order valence-corrected chi connectivity index (χ4v) is 2.62. The van der Waals surface area contributed by atoms with Gasteiger partial charge in [0.25, 0.3) is 0 Å². The first-order chi connectivity index (χ1) is 10.3. The molecule has 0 aliphatic carbocycles. The number of anilines is 1. The molecule has 2 heterocycles. The Morgan fingerprint density at radius 3 is 2.73 bits per heavy atom. The molecular weight excluding hydrogens is 278 g/mol. The van der Waals surface area contributed by atoms with Crippen LogP contribution in [0, 0.1) is 6.92 Å². The highest BCUT2D eigenvalue weighted by molar-refractivity contribution is 5.96. The van der Waals surface area contributed by atoms with E-state index in [0.29, 0.717) is 24.7 Å². The Hall–Kier alpha value is -2.17. The lowest BCUT2D eigenvalue weighted by Crippen LogP contribution is -2.24. The van der Waals surface area contributed by atoms with Gasteiger partial charge in [-0.1, -0.05) is 38.1 Å². The average molecular weight is 299 g/mol. The average Bonchev–Trinajstić information content (AvgIpc) is 3.04. The minimum absolute atomic E-state index is 0.0309. The number of hydrogen-bond acceptors (Lipinski definition) is 4. The molecule has 1 aliphatic rings. The molecule has 5 nitrogen and oxygen atoms in total. The van der Waals surface area contributed by atoms with Gasteiger partial charge in [-0.15, -0.1) is 0 Å². The summed E-state index contributed by atoms with van der Waals surface area (Å²) in [5.41, 5.74) is 1.92. The Kier molecular flexibility index (Phi) is 3.51. The lowest BCUT2D eigenvalue weighted by Gasteiger charge is -2.16. The molecule has 1 saturated heterocycles. The van der Waals surface area contributed by atoms with Crippen LogP contribution >= 0.6 is 0 Å². The summed E-state index contributed by atoms with van der Waals surface area (Å²) in [6.45, 7) is 8.74. The number of aromatic nitrogens is 2. The maximum Gasteiger partial charge on any atom is 0.232 e. The van der Waals surface area contributed by atoms with Crippen molar-refractivity contribution in [3.8, 4) is 0 Å². The summed E-state index contributed by atoms with van der Waals surface area (Å²) >= 11 is 0. The van der Waals surface area contributed by atoms with Crippen LogP contribution in [-0.4, -0.2) is 22.6 Å². The number of hydrogen-bond donors (Lipinski definition) is 0. The van der Waals surface area contributed by atoms with E-state index in [-0.39, 0.29) is 17.2 Å². The van der Waals surface area contributed by atoms with Gasteiger partial charge < -0.3 is 9.42 Å². The van der Waals surface area contributed by atoms with Crippen molar-refractivity contribution in [2.45, 2.75) is 45.4 Å². The third-order valence-corrected chi connectivity index (χ3v) is 3.90. The summed E-state index contributed by atoms with van der Waals surface area (Å²) in [5.74, 6) is 1.32. The number of benzene rings is 1. The zero-order valence-electron chi connectivity index (χ0n) is 13.5. The van der Waals surface area contributed by atoms with Crippen LogP contribution in [0.4, 0.5) is 5.69 Å². The molecule has 1 aliphatic heterocycles. The van der Waals surface area contributed by atoms with Crippen molar-refractivity contribution in [3.05, 3.63) is 41.5 Å². The molecule has 0 bridgehead atoms. The highest BCUT2D eigenvalue weighted by atomic mass is 16.5. The molecule has 22 heavy (non-hydrogen) atoms. The molecule has 2 aromatic rings. The lowest BCUT2D eigenvalue weighted by atomic mass is 9.96. The van der Waals surface area contributed by atoms with Gasteiger partial charge in [-0.3, -0.25) is 4.79 Å². The number of nitrogens with zero attached hydrogens (tertiary/aromatic N) is 3. The second-order valence-electron chi connectivity index (χ2n) is 6.95. The summed E-state index contributed by atoms with van der Waals surface area (Å²) in [5, 5.41) is 4.05. The molecule has 0 saturated carbocycles. The number of carbonyl (C=O) groups is 1. The van der Waals surface area contributed by atoms with Crippen LogP contribution in [-0.2, 0) is 10.2 Å². The van der Waals surface area contributed by atoms with Crippen molar-refractivity contribution in [2.75, 3.05) is 11.4 Å². The van der Waals surface area contributed by atoms with Crippen molar-refractivity contribution < 1.29 is 9.32 Å². The van der Waals surface area contributed by atoms with Crippen LogP contribution < -0.4 is 4.90 Å². The highest BCUT2D eigenvalue weighted by Gasteiger charge is 2.36. The standard InChI is InChI=1S/C17H21N3O2/c1-11-6-5-7-13(8-11)20-10-12(9-14(20)21)15-18-16(19-22-15)17(2,3)4/h5-8,12H,9-10H2,1-4H3. The maximum atomic E-state index is 12.3. The number of aryl methyl sites for hydroxylation is 1. The first-order valence-electron chi connectivity index (χ1n) is 7.56. The van der Waals surface area contributed by atoms with E-state index in [1.54, 1.807) is 4.90 Å². The molecule has 0 spiro atoms. The van der Waals surface area contributed by atoms with E-state index in [1.807, 2.05) is 52.0 Å². The van der Waals surface area contributed by atoms with Crippen LogP contribution in [0.15, 0.2) is 28.8 Å². The Labute approximate surface area is 130 Å². The molecule has 116 valence electrons. The summed E-state index contributed by atoms with van der Waals surface area (Å²) < 4.78 is 5.39. The summed E-state index contributed by atoms with van der Waals surface area (Å²) in [6, 6.07) is 7.97. The van der Waals surface area contributed by atoms with Crippen LogP contribution in [0.25, 0.3) is 0 Å². The second kappa shape index (κ2) is 5.23. The van der Waals surface area contributed by atoms with Gasteiger partial charge in [0, 0.05) is 24.1 Å². The first kappa shape index (κ1) is 14.8. The third-order valence-electron chi connectivity index (χ3n) is 3.90. The van der Waals surface area contributed by atoms with Crippen LogP contribution in [0.5, 0.6) is 0 Å². The van der Waals surface area contributed by atoms with Crippen molar-refractivity contribution in [3.63, 3.8) is 0 Å². The molecule has 0 N–H and O–H groups in total. The summed E-state index contributed by atoms with van der Waals surface area (Å²) in [6.07, 6.45) is 0.416. The first-order valence-corrected chi connectivity index (χ1v) is 7.56. The Balaban J connectivity index is 1.81. The van der Waals surface area contributed by atoms with Crippen LogP contribution in [0.2, 0.25) is 0 Å². The lowest BCUT2D eigenvalue weighted by molar-refractivity contribution is -0.117. The van der Waals surface area contributed by atoms with Crippen molar-refractivity contribution in [2.24, 2.45) is 0 Å². The van der Waals surface area contributed by atoms with Gasteiger partial charge in [0.15, 0.2) is 5.82 Å². The van der Waals surface area contributed by atoms with E-state index in [9.17, 15) is 4.79 Å². The second-order valence-corrected chi connectivity index (χ2v) is 6.95. The van der Waals surface area contributed by atoms with Gasteiger partial charge in [-0.2, -0.15) is 4.98 Å². The quantitative estimate of drug-likeness (QED) is 0.854. The van der Waals surface area contributed by atoms with Crippen molar-refractivity contribution >= 4 is 11.6 Å². The molecular formula is C17H21N3O2. The van der Waals surface area contributed by atoms with E-state index in [2.05, 4.69) is 10.1 Å². The molecule has 0 radical (unpaired) electrons. The van der Waals surface area contributed by atoms with Gasteiger partial charge in [-0.05, 0) is 24.6 Å². The predicted octanol–water partition coefficient (Wildman–Crippen LogP) is 3.20. The van der Waals surface area contributed by atoms with E-state index >= 15 is 0 Å². The van der Waals surface area contributed by atoms with Crippen LogP contribution in [0.3, 0.4) is 0 Å². The number of rotatable bonds is 2. The van der Waals surface area contributed by atoms with Gasteiger partial charge in [0.1, 0.15) is 0 Å². The van der Waals surface area contributed by atoms with Gasteiger partial charge in [0.05, 0.1) is 5.92 Å². The molecule has 1 aromatic heterocycles. The molecule has 1 amide bonds. The Morgan fingerprint density at radius 2 is 2.09 bits per heavy atom. The fraction of sp³-hybridized carbons (Fsp3) is 0.471. The van der Waals surface area contributed by atoms with Crippen molar-refractivity contribution in [1.82, 2.24) is 10.1 Å². The smallest absolute Gasteiger partial charge is 0.232 e. The Bertz CT molecular complexity index is 700. The Morgan fingerprint density at radius 1 is 1.32 bits per heavy atom. The minimum atomic E-state index is -0.152. The number of carbonyl (C=O) groups excluding carboxylic acids is 1. The normalized spacial score (nSPS) is 19.0. The topological polar surface area (TPSA) is 59.2 Å². The summed E-state index contributed by atoms with van der Waals surface area (Å²) in [7, 11) is 0. The van der Waals surface area contributed by atoms with E-state index in [0.717, 1.165) is 11.3 Å². The third kappa shape index (κ3) is 2.75. The summed E-state index contributed by atoms with van der Waals surface area (Å²) in [4.78, 5) is 18.6. The highest BCUT2D eigenvalue weighted by Crippen LogP contribution is 2.32. The van der Waals surface area contributed by atoms with Gasteiger partial charge in [-0.25, -0.2) is 0 Å². The van der Waals surface area contributed by atoms with E-state index < -0.39 is 0 Å². The number of amides is 1. The molecule has 1 unspecified atom stereocenters. The molecule has 1 atom stereocenters. The molecule has 5 heteroatoms. The SMILES string of the molecule is Cc1cccc(N2CC(c3nc(C(C)(C)C)no3)CC2=O)c1. The monoisotopic (exact) mass is 299 g/mol. The zero-order chi connectivity index (χ0) is 15.9. The van der Waals surface area contributed by atoms with E-state index in [1.165, 1.54) is 0 Å². The molecule has 3 rings (SSSR count). The van der Waals surface area contributed by atoms with Gasteiger partial charge in [0.2, 0.25) is 11.8 Å². The van der Waals surface area contributed by atoms with E-state index in [4.69, 9.17) is 4.52 Å². The maximum absolute atomic E-state index is 12.3. The minimum Gasteiger partial charge on any atom is -0.339 e.